The van der Waals surface area contributed by atoms with Crippen LogP contribution >= 0.6 is 0 Å². The van der Waals surface area contributed by atoms with E-state index < -0.39 is 0 Å². The number of nitrogens with zero attached hydrogens (tertiary/aromatic N) is 2. The van der Waals surface area contributed by atoms with Gasteiger partial charge in [-0.1, -0.05) is 92.2 Å². The van der Waals surface area contributed by atoms with Crippen LogP contribution < -0.4 is 0 Å². The van der Waals surface area contributed by atoms with Crippen molar-refractivity contribution in [3.63, 3.8) is 0 Å². The molecule has 0 saturated heterocycles. The van der Waals surface area contributed by atoms with Crippen molar-refractivity contribution in [3.05, 3.63) is 86.5 Å². The molecule has 0 radical (unpaired) electrons. The Morgan fingerprint density at radius 3 is 0.894 bits per heavy atom. The fraction of sp³-hybridized carbons (Fsp3) is 0.619. The first-order valence-electron chi connectivity index (χ1n) is 18.6. The molecule has 2 N–H and O–H groups in total. The topological polar surface area (TPSA) is 65.8 Å². The molecule has 0 spiro atoms. The van der Waals surface area contributed by atoms with Crippen molar-refractivity contribution in [2.24, 2.45) is 0 Å². The second-order valence-corrected chi connectivity index (χ2v) is 12.7. The van der Waals surface area contributed by atoms with Crippen LogP contribution in [0.5, 0.6) is 0 Å². The van der Waals surface area contributed by atoms with Crippen molar-refractivity contribution in [1.29, 1.82) is 0 Å². The van der Waals surface area contributed by atoms with Gasteiger partial charge in [0.25, 0.3) is 0 Å². The quantitative estimate of drug-likeness (QED) is 0.105. The maximum Gasteiger partial charge on any atom is 0.211 e. The van der Waals surface area contributed by atoms with Gasteiger partial charge in [0.05, 0.1) is 0 Å². The van der Waals surface area contributed by atoms with Gasteiger partial charge in [0.1, 0.15) is 0 Å². The van der Waals surface area contributed by atoms with Gasteiger partial charge in [0.15, 0.2) is 0 Å². The molecule has 2 aromatic rings. The molecule has 1 aliphatic heterocycles. The van der Waals surface area contributed by atoms with Crippen LogP contribution in [0.2, 0.25) is 0 Å². The minimum Gasteiger partial charge on any atom is -0.493 e. The van der Waals surface area contributed by atoms with Gasteiger partial charge in [-0.3, -0.25) is 0 Å². The number of aliphatic hydroxyl groups excluding tert-OH is 2. The third-order valence-electron chi connectivity index (χ3n) is 8.85. The van der Waals surface area contributed by atoms with Crippen LogP contribution in [0.3, 0.4) is 0 Å². The first-order valence-corrected chi connectivity index (χ1v) is 18.6. The molecule has 0 saturated carbocycles. The summed E-state index contributed by atoms with van der Waals surface area (Å²) in [5.74, 6) is 0. The van der Waals surface area contributed by atoms with E-state index in [1.54, 1.807) is 4.70 Å². The molecule has 1 aliphatic rings. The minimum absolute atomic E-state index is 0. The number of hydrogen-bond donors (Lipinski definition) is 2. The number of allylic oxidation sites excluding steroid dienone is 2. The van der Waals surface area contributed by atoms with E-state index in [4.69, 9.17) is 10.2 Å². The predicted octanol–water partition coefficient (Wildman–Crippen LogP) is 11.8. The summed E-state index contributed by atoms with van der Waals surface area (Å²) < 4.78 is 1.63. The van der Waals surface area contributed by atoms with Crippen LogP contribution in [0.4, 0.5) is 0 Å². The molecule has 0 amide bonds. The fourth-order valence-corrected chi connectivity index (χ4v) is 6.39. The Hall–Kier alpha value is -1.90. The third-order valence-corrected chi connectivity index (χ3v) is 8.85. The molecule has 0 unspecified atom stereocenters. The van der Waals surface area contributed by atoms with Gasteiger partial charge in [-0.2, -0.15) is 0 Å². The fourth-order valence-electron chi connectivity index (χ4n) is 6.39. The molecule has 5 heteroatoms. The van der Waals surface area contributed by atoms with Crippen molar-refractivity contribution in [2.45, 2.75) is 157 Å². The summed E-state index contributed by atoms with van der Waals surface area (Å²) in [6.07, 6.45) is 20.7. The molecule has 1 heterocycles. The second kappa shape index (κ2) is 27.0. The molecule has 2 aromatic carbocycles. The Morgan fingerprint density at radius 1 is 0.426 bits per heavy atom. The first kappa shape index (κ1) is 45.1. The van der Waals surface area contributed by atoms with Gasteiger partial charge in [-0.15, -0.1) is 0 Å². The zero-order valence-electron chi connectivity index (χ0n) is 31.3. The largest absolute Gasteiger partial charge is 0.493 e. The van der Waals surface area contributed by atoms with E-state index in [0.717, 1.165) is 89.8 Å². The van der Waals surface area contributed by atoms with Crippen LogP contribution in [-0.4, -0.2) is 29.1 Å². The Labute approximate surface area is 303 Å². The number of rotatable bonds is 20. The summed E-state index contributed by atoms with van der Waals surface area (Å²) in [4.78, 5) is 0. The van der Waals surface area contributed by atoms with Gasteiger partial charge in [0, 0.05) is 56.9 Å². The summed E-state index contributed by atoms with van der Waals surface area (Å²) >= 11 is 0. The molecule has 0 bridgehead atoms. The Kier molecular flexibility index (Phi) is 25.9. The van der Waals surface area contributed by atoms with E-state index in [0.29, 0.717) is 0 Å². The third kappa shape index (κ3) is 14.2. The zero-order valence-corrected chi connectivity index (χ0v) is 32.9. The summed E-state index contributed by atoms with van der Waals surface area (Å²) in [7, 11) is 2.00. The smallest absolute Gasteiger partial charge is 0.211 e. The van der Waals surface area contributed by atoms with Crippen LogP contribution in [0.15, 0.2) is 47.5 Å². The monoisotopic (exact) mass is 738 g/mol. The van der Waals surface area contributed by atoms with Crippen molar-refractivity contribution in [1.82, 2.24) is 0 Å². The standard InChI is InChI=1S/C40H60N2.2CH4O.Pd/c1-7-13-19-31-25-32(20-14-8-2)28-35(27-31)39-37(23-17-11-5)38(24-18-12-6)40(42(39)41)36-29-33(21-15-9-3)26-34(30-36)22-16-10-4;2*1-2;/h25-30H,7-24H2,1-6H3;2*2H,1H3;. The van der Waals surface area contributed by atoms with Gasteiger partial charge in [-0.05, 0) is 124 Å². The van der Waals surface area contributed by atoms with Crippen LogP contribution in [0.25, 0.3) is 16.9 Å². The molecule has 3 rings (SSSR count). The van der Waals surface area contributed by atoms with Gasteiger partial charge in [0.2, 0.25) is 11.4 Å². The SMILES string of the molecule is CCCCC1=C(c2cc(CCCC)cc(CCCC)c2)[N+](=[N-])C(c2cc(CCCC)cc(CCCC)c2)=C1CCCC.CO.CO.[Pd]. The predicted molar refractivity (Wildman–Crippen MR) is 200 cm³/mol. The van der Waals surface area contributed by atoms with Crippen molar-refractivity contribution in [3.8, 4) is 0 Å². The van der Waals surface area contributed by atoms with E-state index in [-0.39, 0.29) is 20.4 Å². The normalized spacial score (nSPS) is 12.4. The van der Waals surface area contributed by atoms with Gasteiger partial charge < -0.3 is 15.7 Å². The second-order valence-electron chi connectivity index (χ2n) is 12.7. The average molecular weight is 739 g/mol. The van der Waals surface area contributed by atoms with E-state index in [1.807, 2.05) is 0 Å². The van der Waals surface area contributed by atoms with Gasteiger partial charge in [-0.25, -0.2) is 4.70 Å². The average Bonchev–Trinajstić information content (AvgIpc) is 3.37. The summed E-state index contributed by atoms with van der Waals surface area (Å²) in [6.45, 7) is 13.7. The number of unbranched alkanes of at least 4 members (excludes halogenated alkanes) is 6. The molecule has 0 aliphatic carbocycles. The zero-order chi connectivity index (χ0) is 34.3. The molecular weight excluding hydrogens is 671 g/mol. The molecule has 4 nitrogen and oxygen atoms in total. The van der Waals surface area contributed by atoms with Crippen molar-refractivity contribution >= 4 is 11.4 Å². The number of aryl methyl sites for hydroxylation is 4. The van der Waals surface area contributed by atoms with E-state index >= 15 is 0 Å². The Morgan fingerprint density at radius 2 is 0.660 bits per heavy atom. The van der Waals surface area contributed by atoms with E-state index in [2.05, 4.69) is 77.9 Å². The minimum atomic E-state index is 0. The first-order chi connectivity index (χ1) is 22.5. The summed E-state index contributed by atoms with van der Waals surface area (Å²) in [5.41, 5.74) is 25.2. The van der Waals surface area contributed by atoms with Crippen LogP contribution in [-0.2, 0) is 46.1 Å². The molecular formula is C42H68N2O2Pd. The van der Waals surface area contributed by atoms with E-state index in [9.17, 15) is 5.53 Å². The maximum atomic E-state index is 12.3. The number of benzene rings is 2. The summed E-state index contributed by atoms with van der Waals surface area (Å²) in [6, 6.07) is 14.4. The summed E-state index contributed by atoms with van der Waals surface area (Å²) in [5, 5.41) is 14.0. The van der Waals surface area contributed by atoms with Crippen molar-refractivity contribution in [2.75, 3.05) is 14.2 Å². The maximum absolute atomic E-state index is 12.3. The van der Waals surface area contributed by atoms with Crippen LogP contribution in [0, 0.1) is 0 Å². The van der Waals surface area contributed by atoms with Crippen molar-refractivity contribution < 1.29 is 35.3 Å². The Balaban J connectivity index is 0.00000407. The molecule has 0 atom stereocenters. The molecule has 0 aromatic heterocycles. The van der Waals surface area contributed by atoms with Gasteiger partial charge >= 0.3 is 0 Å². The Bertz CT molecular complexity index is 1090. The molecule has 47 heavy (non-hydrogen) atoms. The van der Waals surface area contributed by atoms with E-state index in [1.165, 1.54) is 95.9 Å². The number of hydrogen-bond acceptors (Lipinski definition) is 2. The number of aliphatic hydroxyl groups is 2. The molecule has 0 fully saturated rings. The van der Waals surface area contributed by atoms with Crippen LogP contribution in [0.1, 0.15) is 165 Å². The molecule has 268 valence electrons.